The molecule has 0 aliphatic carbocycles. The van der Waals surface area contributed by atoms with Crippen LogP contribution >= 0.6 is 0 Å². The van der Waals surface area contributed by atoms with E-state index in [1.54, 1.807) is 37.3 Å². The van der Waals surface area contributed by atoms with E-state index in [1.807, 2.05) is 0 Å². The van der Waals surface area contributed by atoms with Gasteiger partial charge in [-0.2, -0.15) is 0 Å². The minimum Gasteiger partial charge on any atom is -0.480 e. The molecular weight excluding hydrogens is 273 g/mol. The van der Waals surface area contributed by atoms with Crippen molar-refractivity contribution in [2.75, 3.05) is 11.4 Å². The van der Waals surface area contributed by atoms with E-state index in [0.29, 0.717) is 11.3 Å². The summed E-state index contributed by atoms with van der Waals surface area (Å²) >= 11 is 0. The Hall–Kier alpha value is -2.69. The van der Waals surface area contributed by atoms with Crippen LogP contribution in [0.5, 0.6) is 0 Å². The van der Waals surface area contributed by atoms with Crippen molar-refractivity contribution in [2.24, 2.45) is 0 Å². The van der Waals surface area contributed by atoms with Gasteiger partial charge in [-0.1, -0.05) is 24.3 Å². The number of aryl methyl sites for hydroxylation is 1. The first-order valence-corrected chi connectivity index (χ1v) is 6.34. The molecule has 2 aromatic rings. The standard InChI is InChI=1S/C16H14FNO3/c1-11-7-8-12(9-14(11)17)16(21)18(10-15(19)20)13-5-3-2-4-6-13/h2-9H,10H2,1H3,(H,19,20). The highest BCUT2D eigenvalue weighted by Crippen LogP contribution is 2.18. The van der Waals surface area contributed by atoms with Crippen LogP contribution in [0.2, 0.25) is 0 Å². The summed E-state index contributed by atoms with van der Waals surface area (Å²) in [6.07, 6.45) is 0. The molecule has 5 heteroatoms. The van der Waals surface area contributed by atoms with E-state index in [1.165, 1.54) is 12.1 Å². The van der Waals surface area contributed by atoms with Crippen LogP contribution in [0.3, 0.4) is 0 Å². The number of carboxylic acids is 1. The minimum absolute atomic E-state index is 0.114. The lowest BCUT2D eigenvalue weighted by Crippen LogP contribution is -2.35. The summed E-state index contributed by atoms with van der Waals surface area (Å²) < 4.78 is 13.6. The molecule has 1 N–H and O–H groups in total. The maximum Gasteiger partial charge on any atom is 0.323 e. The van der Waals surface area contributed by atoms with Gasteiger partial charge in [-0.05, 0) is 36.8 Å². The molecule has 0 aliphatic rings. The number of nitrogens with zero attached hydrogens (tertiary/aromatic N) is 1. The maximum atomic E-state index is 13.6. The number of hydrogen-bond donors (Lipinski definition) is 1. The van der Waals surface area contributed by atoms with Gasteiger partial charge in [-0.25, -0.2) is 4.39 Å². The number of aliphatic carboxylic acids is 1. The Balaban J connectivity index is 2.38. The quantitative estimate of drug-likeness (QED) is 0.940. The average Bonchev–Trinajstić information content (AvgIpc) is 2.47. The second kappa shape index (κ2) is 6.17. The van der Waals surface area contributed by atoms with E-state index in [4.69, 9.17) is 5.11 Å². The second-order valence-electron chi connectivity index (χ2n) is 4.58. The lowest BCUT2D eigenvalue weighted by atomic mass is 10.1. The molecule has 0 fully saturated rings. The van der Waals surface area contributed by atoms with Crippen LogP contribution in [-0.4, -0.2) is 23.5 Å². The number of carboxylic acid groups (broad SMARTS) is 1. The number of rotatable bonds is 4. The number of hydrogen-bond acceptors (Lipinski definition) is 2. The van der Waals surface area contributed by atoms with Crippen molar-refractivity contribution in [1.82, 2.24) is 0 Å². The third-order valence-electron chi connectivity index (χ3n) is 3.03. The molecule has 0 aliphatic heterocycles. The van der Waals surface area contributed by atoms with Crippen LogP contribution < -0.4 is 4.90 Å². The van der Waals surface area contributed by atoms with Crippen LogP contribution in [0.25, 0.3) is 0 Å². The van der Waals surface area contributed by atoms with Crippen molar-refractivity contribution in [3.8, 4) is 0 Å². The Morgan fingerprint density at radius 3 is 2.38 bits per heavy atom. The number of anilines is 1. The number of amides is 1. The predicted octanol–water partition coefficient (Wildman–Crippen LogP) is 2.87. The van der Waals surface area contributed by atoms with E-state index in [2.05, 4.69) is 0 Å². The fourth-order valence-corrected chi connectivity index (χ4v) is 1.91. The van der Waals surface area contributed by atoms with Crippen LogP contribution in [0, 0.1) is 12.7 Å². The monoisotopic (exact) mass is 287 g/mol. The molecule has 108 valence electrons. The second-order valence-corrected chi connectivity index (χ2v) is 4.58. The van der Waals surface area contributed by atoms with Crippen molar-refractivity contribution < 1.29 is 19.1 Å². The first-order chi connectivity index (χ1) is 9.99. The zero-order valence-corrected chi connectivity index (χ0v) is 11.4. The van der Waals surface area contributed by atoms with Gasteiger partial charge in [0, 0.05) is 11.3 Å². The number of carbonyl (C=O) groups is 2. The molecule has 0 saturated heterocycles. The fourth-order valence-electron chi connectivity index (χ4n) is 1.91. The highest BCUT2D eigenvalue weighted by molar-refractivity contribution is 6.08. The van der Waals surface area contributed by atoms with Crippen molar-refractivity contribution in [1.29, 1.82) is 0 Å². The maximum absolute atomic E-state index is 13.6. The first-order valence-electron chi connectivity index (χ1n) is 6.34. The average molecular weight is 287 g/mol. The summed E-state index contributed by atoms with van der Waals surface area (Å²) in [6, 6.07) is 12.5. The SMILES string of the molecule is Cc1ccc(C(=O)N(CC(=O)O)c2ccccc2)cc1F. The molecule has 0 spiro atoms. The van der Waals surface area contributed by atoms with Crippen molar-refractivity contribution >= 4 is 17.6 Å². The summed E-state index contributed by atoms with van der Waals surface area (Å²) in [7, 11) is 0. The molecule has 0 heterocycles. The van der Waals surface area contributed by atoms with Crippen LogP contribution in [0.15, 0.2) is 48.5 Å². The van der Waals surface area contributed by atoms with Crippen LogP contribution in [0.1, 0.15) is 15.9 Å². The zero-order valence-electron chi connectivity index (χ0n) is 11.4. The molecule has 1 amide bonds. The van der Waals surface area contributed by atoms with Gasteiger partial charge in [0.05, 0.1) is 0 Å². The largest absolute Gasteiger partial charge is 0.480 e. The van der Waals surface area contributed by atoms with Gasteiger partial charge in [-0.3, -0.25) is 14.5 Å². The summed E-state index contributed by atoms with van der Waals surface area (Å²) in [5.41, 5.74) is 0.991. The molecule has 0 radical (unpaired) electrons. The van der Waals surface area contributed by atoms with E-state index in [-0.39, 0.29) is 5.56 Å². The predicted molar refractivity (Wildman–Crippen MR) is 76.9 cm³/mol. The van der Waals surface area contributed by atoms with E-state index in [0.717, 1.165) is 11.0 Å². The molecule has 0 bridgehead atoms. The normalized spacial score (nSPS) is 10.2. The number of para-hydroxylation sites is 1. The van der Waals surface area contributed by atoms with Gasteiger partial charge in [0.2, 0.25) is 0 Å². The Kier molecular flexibility index (Phi) is 4.33. The Morgan fingerprint density at radius 1 is 1.14 bits per heavy atom. The highest BCUT2D eigenvalue weighted by atomic mass is 19.1. The third-order valence-corrected chi connectivity index (χ3v) is 3.03. The molecule has 21 heavy (non-hydrogen) atoms. The van der Waals surface area contributed by atoms with Crippen molar-refractivity contribution in [3.05, 3.63) is 65.5 Å². The summed E-state index contributed by atoms with van der Waals surface area (Å²) in [6.45, 7) is 1.11. The summed E-state index contributed by atoms with van der Waals surface area (Å²) in [5, 5.41) is 8.97. The lowest BCUT2D eigenvalue weighted by molar-refractivity contribution is -0.135. The van der Waals surface area contributed by atoms with E-state index < -0.39 is 24.2 Å². The smallest absolute Gasteiger partial charge is 0.323 e. The molecule has 0 unspecified atom stereocenters. The number of carbonyl (C=O) groups excluding carboxylic acids is 1. The van der Waals surface area contributed by atoms with Crippen LogP contribution in [-0.2, 0) is 4.79 Å². The number of benzene rings is 2. The fraction of sp³-hybridized carbons (Fsp3) is 0.125. The molecule has 2 aromatic carbocycles. The van der Waals surface area contributed by atoms with Gasteiger partial charge in [-0.15, -0.1) is 0 Å². The molecule has 2 rings (SSSR count). The summed E-state index contributed by atoms with van der Waals surface area (Å²) in [5.74, 6) is -2.19. The molecule has 4 nitrogen and oxygen atoms in total. The third kappa shape index (κ3) is 3.45. The summed E-state index contributed by atoms with van der Waals surface area (Å²) in [4.78, 5) is 24.5. The lowest BCUT2D eigenvalue weighted by Gasteiger charge is -2.21. The molecule has 0 aromatic heterocycles. The first kappa shape index (κ1) is 14.7. The Bertz CT molecular complexity index is 670. The molecule has 0 saturated carbocycles. The van der Waals surface area contributed by atoms with Crippen LogP contribution in [0.4, 0.5) is 10.1 Å². The highest BCUT2D eigenvalue weighted by Gasteiger charge is 2.20. The molecular formula is C16H14FNO3. The zero-order chi connectivity index (χ0) is 15.4. The van der Waals surface area contributed by atoms with E-state index >= 15 is 0 Å². The van der Waals surface area contributed by atoms with Gasteiger partial charge >= 0.3 is 5.97 Å². The number of halogens is 1. The molecule has 0 atom stereocenters. The van der Waals surface area contributed by atoms with Crippen molar-refractivity contribution in [2.45, 2.75) is 6.92 Å². The van der Waals surface area contributed by atoms with Gasteiger partial charge in [0.15, 0.2) is 0 Å². The Morgan fingerprint density at radius 2 is 1.81 bits per heavy atom. The van der Waals surface area contributed by atoms with Gasteiger partial charge in [0.25, 0.3) is 5.91 Å². The minimum atomic E-state index is -1.14. The van der Waals surface area contributed by atoms with E-state index in [9.17, 15) is 14.0 Å². The Labute approximate surface area is 121 Å². The van der Waals surface area contributed by atoms with Crippen molar-refractivity contribution in [3.63, 3.8) is 0 Å². The van der Waals surface area contributed by atoms with Gasteiger partial charge < -0.3 is 5.11 Å². The van der Waals surface area contributed by atoms with Gasteiger partial charge in [0.1, 0.15) is 12.4 Å². The topological polar surface area (TPSA) is 57.6 Å².